The number of hydrogen-bond donors (Lipinski definition) is 1. The van der Waals surface area contributed by atoms with Crippen molar-refractivity contribution >= 4 is 12.1 Å². The fourth-order valence-corrected chi connectivity index (χ4v) is 2.84. The van der Waals surface area contributed by atoms with Gasteiger partial charge in [-0.3, -0.25) is 4.90 Å². The summed E-state index contributed by atoms with van der Waals surface area (Å²) in [6, 6.07) is 2.69. The third-order valence-corrected chi connectivity index (χ3v) is 3.90. The number of likely N-dealkylation sites (tertiary alicyclic amines) is 1. The minimum atomic E-state index is -4.46. The number of benzene rings is 1. The van der Waals surface area contributed by atoms with Crippen LogP contribution >= 0.6 is 0 Å². The molecule has 25 heavy (non-hydrogen) atoms. The van der Waals surface area contributed by atoms with Gasteiger partial charge in [0.15, 0.2) is 0 Å². The second-order valence-electron chi connectivity index (χ2n) is 6.95. The SMILES string of the molecule is CC(C)(C)OC(=O)N1[C@@H](c2ccc(C(F)(F)F)cc2)CC[C@H]1C(=O)O. The molecule has 0 radical (unpaired) electrons. The Bertz CT molecular complexity index is 649. The maximum absolute atomic E-state index is 12.7. The number of ether oxygens (including phenoxy) is 1. The highest BCUT2D eigenvalue weighted by Gasteiger charge is 2.43. The van der Waals surface area contributed by atoms with Gasteiger partial charge < -0.3 is 9.84 Å². The Hall–Kier alpha value is -2.25. The number of carboxylic acid groups (broad SMARTS) is 1. The minimum absolute atomic E-state index is 0.209. The number of amides is 1. The lowest BCUT2D eigenvalue weighted by molar-refractivity contribution is -0.142. The van der Waals surface area contributed by atoms with Gasteiger partial charge in [0.25, 0.3) is 0 Å². The number of alkyl halides is 3. The molecule has 1 aromatic carbocycles. The van der Waals surface area contributed by atoms with Gasteiger partial charge >= 0.3 is 18.2 Å². The Balaban J connectivity index is 2.31. The van der Waals surface area contributed by atoms with E-state index >= 15 is 0 Å². The summed E-state index contributed by atoms with van der Waals surface area (Å²) in [5, 5.41) is 9.35. The summed E-state index contributed by atoms with van der Waals surface area (Å²) in [6.45, 7) is 4.97. The molecule has 1 amide bonds. The molecule has 1 fully saturated rings. The number of rotatable bonds is 2. The molecule has 0 spiro atoms. The van der Waals surface area contributed by atoms with Crippen LogP contribution in [0.15, 0.2) is 24.3 Å². The monoisotopic (exact) mass is 359 g/mol. The van der Waals surface area contributed by atoms with E-state index in [0.29, 0.717) is 12.0 Å². The van der Waals surface area contributed by atoms with E-state index in [4.69, 9.17) is 4.74 Å². The normalized spacial score (nSPS) is 21.3. The summed E-state index contributed by atoms with van der Waals surface area (Å²) >= 11 is 0. The molecule has 1 aliphatic heterocycles. The van der Waals surface area contributed by atoms with Crippen LogP contribution in [0.2, 0.25) is 0 Å². The van der Waals surface area contributed by atoms with E-state index in [1.54, 1.807) is 20.8 Å². The first kappa shape index (κ1) is 19.1. The average molecular weight is 359 g/mol. The van der Waals surface area contributed by atoms with E-state index < -0.39 is 41.5 Å². The smallest absolute Gasteiger partial charge is 0.416 e. The molecule has 1 N–H and O–H groups in total. The Morgan fingerprint density at radius 1 is 1.12 bits per heavy atom. The second kappa shape index (κ2) is 6.57. The molecule has 0 bridgehead atoms. The predicted molar refractivity (Wildman–Crippen MR) is 82.9 cm³/mol. The number of halogens is 3. The Labute approximate surface area is 143 Å². The van der Waals surface area contributed by atoms with Crippen LogP contribution in [0.25, 0.3) is 0 Å². The van der Waals surface area contributed by atoms with Crippen molar-refractivity contribution in [1.82, 2.24) is 4.90 Å². The van der Waals surface area contributed by atoms with Gasteiger partial charge in [-0.1, -0.05) is 12.1 Å². The van der Waals surface area contributed by atoms with Crippen LogP contribution in [0.5, 0.6) is 0 Å². The van der Waals surface area contributed by atoms with Gasteiger partial charge in [0.2, 0.25) is 0 Å². The lowest BCUT2D eigenvalue weighted by Crippen LogP contribution is -2.44. The van der Waals surface area contributed by atoms with Gasteiger partial charge in [-0.2, -0.15) is 13.2 Å². The minimum Gasteiger partial charge on any atom is -0.480 e. The first-order valence-corrected chi connectivity index (χ1v) is 7.81. The summed E-state index contributed by atoms with van der Waals surface area (Å²) in [7, 11) is 0. The standard InChI is InChI=1S/C17H20F3NO4/c1-16(2,3)25-15(24)21-12(8-9-13(21)14(22)23)10-4-6-11(7-5-10)17(18,19)20/h4-7,12-13H,8-9H2,1-3H3,(H,22,23)/t12-,13+/m1/s1. The fraction of sp³-hybridized carbons (Fsp3) is 0.529. The Morgan fingerprint density at radius 3 is 2.12 bits per heavy atom. The molecule has 0 saturated carbocycles. The van der Waals surface area contributed by atoms with Gasteiger partial charge in [-0.15, -0.1) is 0 Å². The lowest BCUT2D eigenvalue weighted by atomic mass is 10.0. The van der Waals surface area contributed by atoms with Crippen molar-refractivity contribution in [3.63, 3.8) is 0 Å². The topological polar surface area (TPSA) is 66.8 Å². The van der Waals surface area contributed by atoms with Crippen molar-refractivity contribution in [3.8, 4) is 0 Å². The van der Waals surface area contributed by atoms with Gasteiger partial charge in [0, 0.05) is 0 Å². The van der Waals surface area contributed by atoms with Crippen LogP contribution in [0.4, 0.5) is 18.0 Å². The van der Waals surface area contributed by atoms with E-state index in [1.165, 1.54) is 12.1 Å². The molecule has 138 valence electrons. The van der Waals surface area contributed by atoms with E-state index in [-0.39, 0.29) is 6.42 Å². The number of hydrogen-bond acceptors (Lipinski definition) is 3. The summed E-state index contributed by atoms with van der Waals surface area (Å²) in [4.78, 5) is 25.0. The molecule has 1 aliphatic rings. The number of nitrogens with zero attached hydrogens (tertiary/aromatic N) is 1. The van der Waals surface area contributed by atoms with Gasteiger partial charge in [-0.05, 0) is 51.3 Å². The highest BCUT2D eigenvalue weighted by atomic mass is 19.4. The zero-order valence-electron chi connectivity index (χ0n) is 14.1. The number of carbonyl (C=O) groups excluding carboxylic acids is 1. The molecule has 0 unspecified atom stereocenters. The zero-order chi connectivity index (χ0) is 19.0. The van der Waals surface area contributed by atoms with Crippen molar-refractivity contribution in [3.05, 3.63) is 35.4 Å². The molecule has 0 aromatic heterocycles. The third kappa shape index (κ3) is 4.43. The van der Waals surface area contributed by atoms with Crippen molar-refractivity contribution in [1.29, 1.82) is 0 Å². The Morgan fingerprint density at radius 2 is 1.68 bits per heavy atom. The first-order valence-electron chi connectivity index (χ1n) is 7.81. The van der Waals surface area contributed by atoms with Gasteiger partial charge in [0.05, 0.1) is 11.6 Å². The second-order valence-corrected chi connectivity index (χ2v) is 6.95. The third-order valence-electron chi connectivity index (χ3n) is 3.90. The molecular formula is C17H20F3NO4. The van der Waals surface area contributed by atoms with E-state index in [2.05, 4.69) is 0 Å². The summed E-state index contributed by atoms with van der Waals surface area (Å²) in [6.07, 6.45) is -4.70. The number of aliphatic carboxylic acids is 1. The van der Waals surface area contributed by atoms with Crippen LogP contribution in [-0.4, -0.2) is 33.7 Å². The van der Waals surface area contributed by atoms with Crippen LogP contribution in [0.1, 0.15) is 50.8 Å². The highest BCUT2D eigenvalue weighted by Crippen LogP contribution is 2.38. The van der Waals surface area contributed by atoms with Crippen LogP contribution in [-0.2, 0) is 15.7 Å². The molecule has 5 nitrogen and oxygen atoms in total. The highest BCUT2D eigenvalue weighted by molar-refractivity contribution is 5.81. The number of carboxylic acids is 1. The molecule has 1 heterocycles. The van der Waals surface area contributed by atoms with Crippen molar-refractivity contribution in [2.75, 3.05) is 0 Å². The van der Waals surface area contributed by atoms with E-state index in [9.17, 15) is 27.9 Å². The molecule has 8 heteroatoms. The predicted octanol–water partition coefficient (Wildman–Crippen LogP) is 4.23. The first-order chi connectivity index (χ1) is 11.4. The molecule has 1 saturated heterocycles. The van der Waals surface area contributed by atoms with Crippen LogP contribution in [0, 0.1) is 0 Å². The van der Waals surface area contributed by atoms with Gasteiger partial charge in [0.1, 0.15) is 11.6 Å². The summed E-state index contributed by atoms with van der Waals surface area (Å²) in [5.41, 5.74) is -1.16. The largest absolute Gasteiger partial charge is 0.480 e. The zero-order valence-corrected chi connectivity index (χ0v) is 14.1. The summed E-state index contributed by atoms with van der Waals surface area (Å²) < 4.78 is 43.4. The van der Waals surface area contributed by atoms with Crippen molar-refractivity contribution in [2.45, 2.75) is 57.5 Å². The maximum Gasteiger partial charge on any atom is 0.416 e. The lowest BCUT2D eigenvalue weighted by Gasteiger charge is -2.31. The van der Waals surface area contributed by atoms with E-state index in [0.717, 1.165) is 17.0 Å². The average Bonchev–Trinajstić information content (AvgIpc) is 2.89. The Kier molecular flexibility index (Phi) is 5.02. The van der Waals surface area contributed by atoms with Crippen LogP contribution in [0.3, 0.4) is 0 Å². The maximum atomic E-state index is 12.7. The fourth-order valence-electron chi connectivity index (χ4n) is 2.84. The number of carbonyl (C=O) groups is 2. The molecule has 1 aromatic rings. The quantitative estimate of drug-likeness (QED) is 0.858. The van der Waals surface area contributed by atoms with E-state index in [1.807, 2.05) is 0 Å². The summed E-state index contributed by atoms with van der Waals surface area (Å²) in [5.74, 6) is -1.17. The molecular weight excluding hydrogens is 339 g/mol. The van der Waals surface area contributed by atoms with Crippen molar-refractivity contribution < 1.29 is 32.6 Å². The molecule has 2 atom stereocenters. The molecule has 2 rings (SSSR count). The molecule has 0 aliphatic carbocycles. The van der Waals surface area contributed by atoms with Crippen LogP contribution < -0.4 is 0 Å². The van der Waals surface area contributed by atoms with Gasteiger partial charge in [-0.25, -0.2) is 9.59 Å². The van der Waals surface area contributed by atoms with Crippen molar-refractivity contribution in [2.24, 2.45) is 0 Å².